The van der Waals surface area contributed by atoms with Crippen LogP contribution in [-0.4, -0.2) is 60.1 Å². The Balaban J connectivity index is 1.65. The summed E-state index contributed by atoms with van der Waals surface area (Å²) < 4.78 is 11.9. The lowest BCUT2D eigenvalue weighted by molar-refractivity contribution is -0.125. The van der Waals surface area contributed by atoms with E-state index >= 15 is 0 Å². The van der Waals surface area contributed by atoms with Crippen LogP contribution >= 0.6 is 0 Å². The van der Waals surface area contributed by atoms with Gasteiger partial charge in [0, 0.05) is 43.5 Å². The molecule has 0 spiro atoms. The summed E-state index contributed by atoms with van der Waals surface area (Å²) in [6, 6.07) is 11.5. The van der Waals surface area contributed by atoms with Gasteiger partial charge in [0.05, 0.1) is 12.1 Å². The van der Waals surface area contributed by atoms with Crippen molar-refractivity contribution in [3.05, 3.63) is 72.8 Å². The van der Waals surface area contributed by atoms with Crippen LogP contribution in [0.3, 0.4) is 0 Å². The van der Waals surface area contributed by atoms with E-state index in [2.05, 4.69) is 43.7 Å². The molecule has 0 bridgehead atoms. The lowest BCUT2D eigenvalue weighted by Crippen LogP contribution is -2.31. The maximum atomic E-state index is 12.0. The molecule has 40 heavy (non-hydrogen) atoms. The Bertz CT molecular complexity index is 1480. The topological polar surface area (TPSA) is 101 Å². The van der Waals surface area contributed by atoms with Crippen LogP contribution in [0.4, 0.5) is 11.5 Å². The molecule has 0 unspecified atom stereocenters. The Morgan fingerprint density at radius 2 is 2.08 bits per heavy atom. The summed E-state index contributed by atoms with van der Waals surface area (Å²) in [7, 11) is 1.65. The summed E-state index contributed by atoms with van der Waals surface area (Å²) in [5.41, 5.74) is 2.55. The zero-order valence-corrected chi connectivity index (χ0v) is 23.3. The normalized spacial score (nSPS) is 11.3. The second-order valence-corrected chi connectivity index (χ2v) is 8.52. The SMILES string of the molecule is C=C/C(=C\C=NC=NC)Oc1ccc(Nc2ncnc3cc(OCCCN(CC)C(=O)C#CC)ccc23)cc1C. The number of hydrogen-bond donors (Lipinski definition) is 1. The monoisotopic (exact) mass is 538 g/mol. The van der Waals surface area contributed by atoms with Crippen LogP contribution < -0.4 is 14.8 Å². The fourth-order valence-electron chi connectivity index (χ4n) is 3.73. The van der Waals surface area contributed by atoms with E-state index < -0.39 is 0 Å². The molecular weight excluding hydrogens is 504 g/mol. The Labute approximate surface area is 235 Å². The molecule has 0 atom stereocenters. The largest absolute Gasteiger partial charge is 0.493 e. The van der Waals surface area contributed by atoms with Crippen LogP contribution in [0.2, 0.25) is 0 Å². The minimum Gasteiger partial charge on any atom is -0.493 e. The van der Waals surface area contributed by atoms with Crippen molar-refractivity contribution in [2.24, 2.45) is 9.98 Å². The van der Waals surface area contributed by atoms with Crippen LogP contribution in [0.5, 0.6) is 11.5 Å². The van der Waals surface area contributed by atoms with Crippen molar-refractivity contribution >= 4 is 40.9 Å². The zero-order chi connectivity index (χ0) is 28.7. The van der Waals surface area contributed by atoms with E-state index in [4.69, 9.17) is 9.47 Å². The summed E-state index contributed by atoms with van der Waals surface area (Å²) >= 11 is 0. The standard InChI is InChI=1S/C31H34N6O3/c1-6-10-30(38)37(8-3)17-9-18-39-26-12-13-27-28(20-26)34-22-35-31(27)36-24-11-14-29(23(4)19-24)40-25(7-2)15-16-33-21-32-5/h7,11-16,19-22H,2,8-9,17-18H2,1,3-5H3,(H,34,35,36)/b25-15+,32-21?,33-16?. The average Bonchev–Trinajstić information content (AvgIpc) is 2.96. The van der Waals surface area contributed by atoms with E-state index in [1.54, 1.807) is 37.2 Å². The van der Waals surface area contributed by atoms with Gasteiger partial charge >= 0.3 is 0 Å². The molecule has 1 heterocycles. The molecule has 1 aromatic heterocycles. The Kier molecular flexibility index (Phi) is 11.4. The number of aromatic nitrogens is 2. The fourth-order valence-corrected chi connectivity index (χ4v) is 3.73. The van der Waals surface area contributed by atoms with Gasteiger partial charge in [-0.05, 0) is 81.2 Å². The van der Waals surface area contributed by atoms with Gasteiger partial charge < -0.3 is 19.7 Å². The van der Waals surface area contributed by atoms with Crippen molar-refractivity contribution in [2.75, 3.05) is 32.1 Å². The first-order chi connectivity index (χ1) is 19.5. The zero-order valence-electron chi connectivity index (χ0n) is 23.3. The van der Waals surface area contributed by atoms with Crippen molar-refractivity contribution < 1.29 is 14.3 Å². The van der Waals surface area contributed by atoms with Gasteiger partial charge in [0.25, 0.3) is 5.91 Å². The van der Waals surface area contributed by atoms with Gasteiger partial charge in [-0.2, -0.15) is 0 Å². The van der Waals surface area contributed by atoms with E-state index in [0.29, 0.717) is 49.2 Å². The molecular formula is C31H34N6O3. The predicted octanol–water partition coefficient (Wildman–Crippen LogP) is 5.50. The van der Waals surface area contributed by atoms with Gasteiger partial charge in [-0.15, -0.1) is 0 Å². The van der Waals surface area contributed by atoms with Crippen molar-refractivity contribution in [3.8, 4) is 23.3 Å². The fraction of sp³-hybridized carbons (Fsp3) is 0.258. The summed E-state index contributed by atoms with van der Waals surface area (Å²) in [6.07, 6.45) is 8.60. The van der Waals surface area contributed by atoms with Gasteiger partial charge in [-0.1, -0.05) is 12.5 Å². The number of allylic oxidation sites excluding steroid dienone is 2. The number of hydrogen-bond acceptors (Lipinski definition) is 7. The van der Waals surface area contributed by atoms with E-state index in [1.165, 1.54) is 12.7 Å². The third kappa shape index (κ3) is 8.53. The lowest BCUT2D eigenvalue weighted by Gasteiger charge is -2.18. The number of aryl methyl sites for hydroxylation is 1. The number of fused-ring (bicyclic) bond motifs is 1. The van der Waals surface area contributed by atoms with Crippen LogP contribution in [0.25, 0.3) is 10.9 Å². The number of carbonyl (C=O) groups is 1. The van der Waals surface area contributed by atoms with Crippen LogP contribution in [0, 0.1) is 18.8 Å². The Hall–Kier alpha value is -4.97. The number of anilines is 2. The van der Waals surface area contributed by atoms with E-state index in [-0.39, 0.29) is 5.91 Å². The molecule has 0 aliphatic rings. The molecule has 1 amide bonds. The number of rotatable bonds is 13. The molecule has 3 aromatic rings. The van der Waals surface area contributed by atoms with Crippen molar-refractivity contribution in [3.63, 3.8) is 0 Å². The van der Waals surface area contributed by atoms with Gasteiger partial charge in [-0.3, -0.25) is 9.79 Å². The highest BCUT2D eigenvalue weighted by Crippen LogP contribution is 2.29. The van der Waals surface area contributed by atoms with Crippen molar-refractivity contribution in [1.29, 1.82) is 0 Å². The number of aliphatic imine (C=N–C) groups is 2. The average molecular weight is 539 g/mol. The second kappa shape index (κ2) is 15.4. The molecule has 2 aromatic carbocycles. The Morgan fingerprint density at radius 3 is 2.80 bits per heavy atom. The number of nitrogens with zero attached hydrogens (tertiary/aromatic N) is 5. The van der Waals surface area contributed by atoms with Gasteiger partial charge in [0.1, 0.15) is 35.7 Å². The molecule has 0 fully saturated rings. The van der Waals surface area contributed by atoms with Crippen LogP contribution in [0.15, 0.2) is 77.2 Å². The van der Waals surface area contributed by atoms with Crippen molar-refractivity contribution in [1.82, 2.24) is 14.9 Å². The van der Waals surface area contributed by atoms with Crippen molar-refractivity contribution in [2.45, 2.75) is 27.2 Å². The quantitative estimate of drug-likeness (QED) is 0.0770. The molecule has 0 aliphatic heterocycles. The molecule has 9 nitrogen and oxygen atoms in total. The first kappa shape index (κ1) is 29.6. The van der Waals surface area contributed by atoms with Gasteiger partial charge in [0.15, 0.2) is 0 Å². The molecule has 0 radical (unpaired) electrons. The highest BCUT2D eigenvalue weighted by Gasteiger charge is 2.10. The highest BCUT2D eigenvalue weighted by molar-refractivity contribution is 5.93. The molecule has 9 heteroatoms. The molecule has 0 saturated carbocycles. The number of benzene rings is 2. The first-order valence-corrected chi connectivity index (χ1v) is 12.9. The molecule has 3 rings (SSSR count). The summed E-state index contributed by atoms with van der Waals surface area (Å²) in [6.45, 7) is 11.0. The number of amides is 1. The number of ether oxygens (including phenoxy) is 2. The van der Waals surface area contributed by atoms with E-state index in [9.17, 15) is 4.79 Å². The smallest absolute Gasteiger partial charge is 0.298 e. The van der Waals surface area contributed by atoms with Crippen LogP contribution in [0.1, 0.15) is 25.8 Å². The molecule has 0 saturated heterocycles. The third-order valence-corrected chi connectivity index (χ3v) is 5.72. The maximum absolute atomic E-state index is 12.0. The number of carbonyl (C=O) groups excluding carboxylic acids is 1. The summed E-state index contributed by atoms with van der Waals surface area (Å²) in [5.74, 6) is 7.72. The molecule has 206 valence electrons. The van der Waals surface area contributed by atoms with Crippen LogP contribution in [-0.2, 0) is 4.79 Å². The summed E-state index contributed by atoms with van der Waals surface area (Å²) in [5, 5.41) is 4.24. The minimum absolute atomic E-state index is 0.160. The predicted molar refractivity (Wildman–Crippen MR) is 162 cm³/mol. The van der Waals surface area contributed by atoms with Gasteiger partial charge in [0.2, 0.25) is 0 Å². The molecule has 0 aliphatic carbocycles. The molecule has 1 N–H and O–H groups in total. The van der Waals surface area contributed by atoms with E-state index in [1.807, 2.05) is 50.2 Å². The highest BCUT2D eigenvalue weighted by atomic mass is 16.5. The maximum Gasteiger partial charge on any atom is 0.298 e. The Morgan fingerprint density at radius 1 is 1.23 bits per heavy atom. The third-order valence-electron chi connectivity index (χ3n) is 5.72. The second-order valence-electron chi connectivity index (χ2n) is 8.52. The number of nitrogens with one attached hydrogen (secondary N) is 1. The van der Waals surface area contributed by atoms with E-state index in [0.717, 1.165) is 22.2 Å². The minimum atomic E-state index is -0.160. The summed E-state index contributed by atoms with van der Waals surface area (Å²) in [4.78, 5) is 30.3. The van der Waals surface area contributed by atoms with Gasteiger partial charge in [-0.25, -0.2) is 15.0 Å². The first-order valence-electron chi connectivity index (χ1n) is 12.9. The lowest BCUT2D eigenvalue weighted by atomic mass is 10.2.